The molecule has 24 heavy (non-hydrogen) atoms. The van der Waals surface area contributed by atoms with Crippen LogP contribution >= 0.6 is 0 Å². The van der Waals surface area contributed by atoms with Crippen molar-refractivity contribution in [3.05, 3.63) is 78.6 Å². The van der Waals surface area contributed by atoms with Crippen molar-refractivity contribution in [1.82, 2.24) is 9.78 Å². The van der Waals surface area contributed by atoms with Crippen molar-refractivity contribution in [2.24, 2.45) is 0 Å². The zero-order valence-electron chi connectivity index (χ0n) is 13.8. The molecule has 0 spiro atoms. The number of aromatic nitrogens is 2. The quantitative estimate of drug-likeness (QED) is 0.767. The van der Waals surface area contributed by atoms with Crippen molar-refractivity contribution < 1.29 is 9.90 Å². The monoisotopic (exact) mass is 323 g/mol. The van der Waals surface area contributed by atoms with E-state index in [1.165, 1.54) is 0 Å². The highest BCUT2D eigenvalue weighted by atomic mass is 16.4. The molecule has 0 amide bonds. The Balaban J connectivity index is 0.000000175. The van der Waals surface area contributed by atoms with Crippen LogP contribution in [0.15, 0.2) is 73.1 Å². The SMILES string of the molecule is Cc1ccccc1N[C@H](C)C(=O)O.c1ccc(-n2cccn2)cc1. The smallest absolute Gasteiger partial charge is 0.325 e. The molecule has 0 saturated carbocycles. The molecule has 0 aliphatic heterocycles. The van der Waals surface area contributed by atoms with E-state index in [0.717, 1.165) is 16.9 Å². The standard InChI is InChI=1S/C10H13NO2.C9H8N2/c1-7-5-3-4-6-9(7)11-8(2)10(12)13;1-2-5-9(6-3-1)11-8-4-7-10-11/h3-6,8,11H,1-2H3,(H,12,13);1-8H/t8-;/m1./s1. The Labute approximate surface area is 141 Å². The second-order valence-corrected chi connectivity index (χ2v) is 5.31. The van der Waals surface area contributed by atoms with Crippen molar-refractivity contribution in [1.29, 1.82) is 0 Å². The van der Waals surface area contributed by atoms with Crippen molar-refractivity contribution in [2.75, 3.05) is 5.32 Å². The summed E-state index contributed by atoms with van der Waals surface area (Å²) in [5.41, 5.74) is 3.02. The number of nitrogens with one attached hydrogen (secondary N) is 1. The zero-order chi connectivity index (χ0) is 17.4. The van der Waals surface area contributed by atoms with E-state index in [2.05, 4.69) is 10.4 Å². The summed E-state index contributed by atoms with van der Waals surface area (Å²) in [4.78, 5) is 10.6. The largest absolute Gasteiger partial charge is 0.480 e. The number of para-hydroxylation sites is 2. The van der Waals surface area contributed by atoms with Gasteiger partial charge in [-0.05, 0) is 43.7 Å². The third-order valence-corrected chi connectivity index (χ3v) is 3.41. The van der Waals surface area contributed by atoms with Crippen LogP contribution in [0.3, 0.4) is 0 Å². The van der Waals surface area contributed by atoms with Gasteiger partial charge in [0.05, 0.1) is 5.69 Å². The molecule has 1 aromatic heterocycles. The van der Waals surface area contributed by atoms with E-state index < -0.39 is 12.0 Å². The first-order valence-corrected chi connectivity index (χ1v) is 7.68. The van der Waals surface area contributed by atoms with Crippen LogP contribution in [0.5, 0.6) is 0 Å². The maximum absolute atomic E-state index is 10.6. The van der Waals surface area contributed by atoms with E-state index in [4.69, 9.17) is 5.11 Å². The van der Waals surface area contributed by atoms with Crippen LogP contribution in [0.25, 0.3) is 5.69 Å². The van der Waals surface area contributed by atoms with Gasteiger partial charge in [-0.25, -0.2) is 4.68 Å². The van der Waals surface area contributed by atoms with E-state index in [9.17, 15) is 4.79 Å². The molecule has 124 valence electrons. The number of nitrogens with zero attached hydrogens (tertiary/aromatic N) is 2. The first-order valence-electron chi connectivity index (χ1n) is 7.68. The van der Waals surface area contributed by atoms with Crippen LogP contribution in [0.1, 0.15) is 12.5 Å². The fraction of sp³-hybridized carbons (Fsp3) is 0.158. The molecule has 0 fully saturated rings. The van der Waals surface area contributed by atoms with Crippen LogP contribution in [0, 0.1) is 6.92 Å². The van der Waals surface area contributed by atoms with Gasteiger partial charge in [0.15, 0.2) is 0 Å². The summed E-state index contributed by atoms with van der Waals surface area (Å²) in [6.45, 7) is 3.56. The minimum atomic E-state index is -0.844. The number of benzene rings is 2. The number of aryl methyl sites for hydroxylation is 1. The highest BCUT2D eigenvalue weighted by Crippen LogP contribution is 2.14. The van der Waals surface area contributed by atoms with Crippen molar-refractivity contribution >= 4 is 11.7 Å². The van der Waals surface area contributed by atoms with Crippen LogP contribution in [0.4, 0.5) is 5.69 Å². The molecule has 0 aliphatic rings. The van der Waals surface area contributed by atoms with E-state index in [1.54, 1.807) is 13.1 Å². The van der Waals surface area contributed by atoms with Gasteiger partial charge < -0.3 is 10.4 Å². The molecule has 2 N–H and O–H groups in total. The predicted molar refractivity (Wildman–Crippen MR) is 95.5 cm³/mol. The number of rotatable bonds is 4. The summed E-state index contributed by atoms with van der Waals surface area (Å²) >= 11 is 0. The van der Waals surface area contributed by atoms with Gasteiger partial charge >= 0.3 is 5.97 Å². The summed E-state index contributed by atoms with van der Waals surface area (Å²) in [6, 6.07) is 19.0. The second kappa shape index (κ2) is 8.53. The average Bonchev–Trinajstić information content (AvgIpc) is 3.13. The molecule has 0 radical (unpaired) electrons. The molecule has 5 nitrogen and oxygen atoms in total. The maximum Gasteiger partial charge on any atom is 0.325 e. The number of carboxylic acids is 1. The van der Waals surface area contributed by atoms with Crippen molar-refractivity contribution in [2.45, 2.75) is 19.9 Å². The lowest BCUT2D eigenvalue weighted by Gasteiger charge is -2.12. The molecule has 3 rings (SSSR count). The van der Waals surface area contributed by atoms with Gasteiger partial charge in [0.2, 0.25) is 0 Å². The van der Waals surface area contributed by atoms with Gasteiger partial charge in [-0.3, -0.25) is 4.79 Å². The number of aliphatic carboxylic acids is 1. The van der Waals surface area contributed by atoms with Crippen LogP contribution in [-0.2, 0) is 4.79 Å². The molecule has 5 heteroatoms. The van der Waals surface area contributed by atoms with Gasteiger partial charge in [-0.2, -0.15) is 5.10 Å². The molecule has 1 atom stereocenters. The molecule has 3 aromatic rings. The Morgan fingerprint density at radius 1 is 1.08 bits per heavy atom. The third kappa shape index (κ3) is 4.98. The second-order valence-electron chi connectivity index (χ2n) is 5.31. The van der Waals surface area contributed by atoms with E-state index in [0.29, 0.717) is 0 Å². The van der Waals surface area contributed by atoms with E-state index in [1.807, 2.05) is 78.5 Å². The molecular formula is C19H21N3O2. The maximum atomic E-state index is 10.6. The van der Waals surface area contributed by atoms with Gasteiger partial charge in [-0.15, -0.1) is 0 Å². The highest BCUT2D eigenvalue weighted by Gasteiger charge is 2.10. The third-order valence-electron chi connectivity index (χ3n) is 3.41. The molecule has 0 bridgehead atoms. The van der Waals surface area contributed by atoms with Crippen LogP contribution in [0.2, 0.25) is 0 Å². The van der Waals surface area contributed by atoms with Crippen molar-refractivity contribution in [3.8, 4) is 5.69 Å². The van der Waals surface area contributed by atoms with E-state index >= 15 is 0 Å². The number of anilines is 1. The Bertz CT molecular complexity index is 755. The molecule has 0 saturated heterocycles. The van der Waals surface area contributed by atoms with Gasteiger partial charge in [0.1, 0.15) is 6.04 Å². The molecule has 0 aliphatic carbocycles. The van der Waals surface area contributed by atoms with E-state index in [-0.39, 0.29) is 0 Å². The Hall–Kier alpha value is -3.08. The first kappa shape index (κ1) is 17.3. The normalized spacial score (nSPS) is 11.1. The number of hydrogen-bond acceptors (Lipinski definition) is 3. The first-order chi connectivity index (χ1) is 11.6. The molecular weight excluding hydrogens is 302 g/mol. The lowest BCUT2D eigenvalue weighted by atomic mass is 10.2. The van der Waals surface area contributed by atoms with Crippen LogP contribution in [-0.4, -0.2) is 26.9 Å². The minimum Gasteiger partial charge on any atom is -0.480 e. The predicted octanol–water partition coefficient (Wildman–Crippen LogP) is 3.75. The topological polar surface area (TPSA) is 67.2 Å². The fourth-order valence-electron chi connectivity index (χ4n) is 2.03. The summed E-state index contributed by atoms with van der Waals surface area (Å²) in [5, 5.41) is 15.7. The lowest BCUT2D eigenvalue weighted by molar-refractivity contribution is -0.137. The van der Waals surface area contributed by atoms with Gasteiger partial charge in [-0.1, -0.05) is 36.4 Å². The summed E-state index contributed by atoms with van der Waals surface area (Å²) < 4.78 is 1.83. The van der Waals surface area contributed by atoms with Crippen LogP contribution < -0.4 is 5.32 Å². The molecule has 1 heterocycles. The number of hydrogen-bond donors (Lipinski definition) is 2. The Morgan fingerprint density at radius 2 is 1.75 bits per heavy atom. The Morgan fingerprint density at radius 3 is 2.33 bits per heavy atom. The summed E-state index contributed by atoms with van der Waals surface area (Å²) in [5.74, 6) is -0.844. The minimum absolute atomic E-state index is 0.555. The van der Waals surface area contributed by atoms with Gasteiger partial charge in [0.25, 0.3) is 0 Å². The fourth-order valence-corrected chi connectivity index (χ4v) is 2.03. The Kier molecular flexibility index (Phi) is 6.14. The molecule has 2 aromatic carbocycles. The molecule has 0 unspecified atom stereocenters. The highest BCUT2D eigenvalue weighted by molar-refractivity contribution is 5.77. The van der Waals surface area contributed by atoms with Gasteiger partial charge in [0, 0.05) is 18.1 Å². The number of carboxylic acid groups (broad SMARTS) is 1. The average molecular weight is 323 g/mol. The van der Waals surface area contributed by atoms with Crippen molar-refractivity contribution in [3.63, 3.8) is 0 Å². The lowest BCUT2D eigenvalue weighted by Crippen LogP contribution is -2.25. The number of carbonyl (C=O) groups is 1. The summed E-state index contributed by atoms with van der Waals surface area (Å²) in [6.07, 6.45) is 3.70. The summed E-state index contributed by atoms with van der Waals surface area (Å²) in [7, 11) is 0. The zero-order valence-corrected chi connectivity index (χ0v) is 13.8.